The van der Waals surface area contributed by atoms with Crippen LogP contribution in [0.2, 0.25) is 0 Å². The number of nitrogens with one attached hydrogen (secondary N) is 1. The van der Waals surface area contributed by atoms with Crippen molar-refractivity contribution in [2.45, 2.75) is 59.5 Å². The Labute approximate surface area is 246 Å². The van der Waals surface area contributed by atoms with Gasteiger partial charge in [-0.1, -0.05) is 86.7 Å². The summed E-state index contributed by atoms with van der Waals surface area (Å²) in [6.07, 6.45) is 7.96. The third-order valence-electron chi connectivity index (χ3n) is 6.54. The molecule has 1 amide bonds. The van der Waals surface area contributed by atoms with E-state index in [0.717, 1.165) is 44.9 Å². The van der Waals surface area contributed by atoms with E-state index in [1.807, 2.05) is 82.3 Å². The number of hydrogen-bond acceptors (Lipinski definition) is 6. The van der Waals surface area contributed by atoms with Gasteiger partial charge in [-0.3, -0.25) is 4.79 Å². The second kappa shape index (κ2) is 15.7. The zero-order chi connectivity index (χ0) is 29.8. The van der Waals surface area contributed by atoms with Crippen molar-refractivity contribution >= 4 is 23.6 Å². The Bertz CT molecular complexity index is 1360. The molecule has 1 heterocycles. The van der Waals surface area contributed by atoms with E-state index in [2.05, 4.69) is 39.4 Å². The second-order valence-corrected chi connectivity index (χ2v) is 11.4. The number of allylic oxidation sites excluding steroid dienone is 4. The minimum absolute atomic E-state index is 0.143. The number of H-pyrrole nitrogens is 1. The minimum atomic E-state index is -0.989. The Kier molecular flexibility index (Phi) is 12.1. The highest BCUT2D eigenvalue weighted by Crippen LogP contribution is 2.30. The van der Waals surface area contributed by atoms with E-state index in [0.29, 0.717) is 18.7 Å². The van der Waals surface area contributed by atoms with E-state index in [1.165, 1.54) is 4.90 Å². The average molecular weight is 574 g/mol. The highest BCUT2D eigenvalue weighted by molar-refractivity contribution is 8.03. The number of carboxylic acids is 1. The summed E-state index contributed by atoms with van der Waals surface area (Å²) in [7, 11) is 0. The first kappa shape index (κ1) is 31.5. The Morgan fingerprint density at radius 3 is 2.37 bits per heavy atom. The van der Waals surface area contributed by atoms with Gasteiger partial charge in [0.05, 0.1) is 0 Å². The number of thioether (sulfide) groups is 1. The Balaban J connectivity index is 1.69. The smallest absolute Gasteiger partial charge is 0.326 e. The lowest BCUT2D eigenvalue weighted by Gasteiger charge is -2.32. The molecule has 1 atom stereocenters. The lowest BCUT2D eigenvalue weighted by molar-refractivity contribution is -0.153. The number of tetrazole rings is 1. The third kappa shape index (κ3) is 9.28. The topological polar surface area (TPSA) is 112 Å². The summed E-state index contributed by atoms with van der Waals surface area (Å²) >= 11 is 1.74. The van der Waals surface area contributed by atoms with Crippen LogP contribution in [0.15, 0.2) is 83.8 Å². The van der Waals surface area contributed by atoms with Gasteiger partial charge in [-0.05, 0) is 66.3 Å². The molecule has 2 aromatic carbocycles. The van der Waals surface area contributed by atoms with Gasteiger partial charge in [-0.15, -0.1) is 22.0 Å². The summed E-state index contributed by atoms with van der Waals surface area (Å²) in [4.78, 5) is 28.3. The number of benzene rings is 2. The lowest BCUT2D eigenvalue weighted by Crippen LogP contribution is -2.47. The first-order valence-electron chi connectivity index (χ1n) is 13.8. The number of aromatic nitrogens is 4. The largest absolute Gasteiger partial charge is 0.480 e. The molecule has 1 unspecified atom stereocenters. The second-order valence-electron chi connectivity index (χ2n) is 10.2. The van der Waals surface area contributed by atoms with E-state index in [9.17, 15) is 14.7 Å². The molecule has 0 aliphatic carbocycles. The van der Waals surface area contributed by atoms with Crippen molar-refractivity contribution < 1.29 is 14.7 Å². The fourth-order valence-electron chi connectivity index (χ4n) is 4.48. The number of carbonyl (C=O) groups is 2. The number of carbonyl (C=O) groups excluding carboxylic acids is 1. The van der Waals surface area contributed by atoms with Crippen LogP contribution in [-0.2, 0) is 16.1 Å². The van der Waals surface area contributed by atoms with Crippen molar-refractivity contribution in [3.8, 4) is 22.5 Å². The molecule has 3 aromatic rings. The number of amides is 1. The first-order valence-corrected chi connectivity index (χ1v) is 14.8. The van der Waals surface area contributed by atoms with Crippen molar-refractivity contribution in [3.63, 3.8) is 0 Å². The monoisotopic (exact) mass is 573 g/mol. The maximum Gasteiger partial charge on any atom is 0.326 e. The van der Waals surface area contributed by atoms with E-state index in [1.54, 1.807) is 11.8 Å². The summed E-state index contributed by atoms with van der Waals surface area (Å²) in [6, 6.07) is 14.7. The molecule has 0 saturated carbocycles. The van der Waals surface area contributed by atoms with Crippen LogP contribution in [0.3, 0.4) is 0 Å². The molecule has 0 aliphatic rings. The van der Waals surface area contributed by atoms with Gasteiger partial charge in [0, 0.05) is 23.4 Å². The van der Waals surface area contributed by atoms with Crippen molar-refractivity contribution in [2.24, 2.45) is 5.92 Å². The molecule has 0 aliphatic heterocycles. The van der Waals surface area contributed by atoms with Crippen LogP contribution >= 0.6 is 11.8 Å². The van der Waals surface area contributed by atoms with Crippen LogP contribution in [-0.4, -0.2) is 54.3 Å². The van der Waals surface area contributed by atoms with Crippen molar-refractivity contribution in [2.75, 3.05) is 5.75 Å². The molecule has 9 heteroatoms. The number of unbranched alkanes of at least 4 members (excludes halogenated alkanes) is 1. The third-order valence-corrected chi connectivity index (χ3v) is 7.74. The van der Waals surface area contributed by atoms with E-state index in [4.69, 9.17) is 0 Å². The van der Waals surface area contributed by atoms with Crippen LogP contribution in [0.25, 0.3) is 22.5 Å². The molecule has 0 radical (unpaired) electrons. The quantitative estimate of drug-likeness (QED) is 0.150. The van der Waals surface area contributed by atoms with Crippen molar-refractivity contribution in [1.29, 1.82) is 0 Å². The zero-order valence-electron chi connectivity index (χ0n) is 24.2. The van der Waals surface area contributed by atoms with Crippen molar-refractivity contribution in [1.82, 2.24) is 25.5 Å². The fourth-order valence-corrected chi connectivity index (χ4v) is 5.39. The summed E-state index contributed by atoms with van der Waals surface area (Å²) in [5, 5.41) is 24.4. The molecule has 1 aromatic heterocycles. The van der Waals surface area contributed by atoms with Gasteiger partial charge >= 0.3 is 5.97 Å². The van der Waals surface area contributed by atoms with Crippen LogP contribution in [0.5, 0.6) is 0 Å². The van der Waals surface area contributed by atoms with Gasteiger partial charge < -0.3 is 10.0 Å². The Morgan fingerprint density at radius 2 is 1.78 bits per heavy atom. The summed E-state index contributed by atoms with van der Waals surface area (Å²) in [5.41, 5.74) is 4.62. The van der Waals surface area contributed by atoms with Gasteiger partial charge in [0.2, 0.25) is 11.7 Å². The molecule has 3 rings (SSSR count). The van der Waals surface area contributed by atoms with Gasteiger partial charge in [0.15, 0.2) is 0 Å². The van der Waals surface area contributed by atoms with Gasteiger partial charge in [-0.25, -0.2) is 4.79 Å². The lowest BCUT2D eigenvalue weighted by atomic mass is 9.97. The number of rotatable bonds is 15. The van der Waals surface area contributed by atoms with Crippen LogP contribution in [0.1, 0.15) is 52.5 Å². The van der Waals surface area contributed by atoms with Crippen molar-refractivity contribution in [3.05, 3.63) is 89.4 Å². The highest BCUT2D eigenvalue weighted by Gasteiger charge is 2.32. The predicted octanol–water partition coefficient (Wildman–Crippen LogP) is 6.91. The highest BCUT2D eigenvalue weighted by atomic mass is 32.2. The molecule has 0 fully saturated rings. The van der Waals surface area contributed by atoms with E-state index >= 15 is 0 Å². The molecule has 0 spiro atoms. The number of hydrogen-bond donors (Lipinski definition) is 2. The maximum atomic E-state index is 13.4. The van der Waals surface area contributed by atoms with Crippen LogP contribution in [0.4, 0.5) is 0 Å². The molecule has 0 saturated heterocycles. The minimum Gasteiger partial charge on any atom is -0.480 e. The fraction of sp³-hybridized carbons (Fsp3) is 0.344. The maximum absolute atomic E-state index is 13.4. The molecule has 41 heavy (non-hydrogen) atoms. The standard InChI is InChI=1S/C32H39N5O3S/c1-6-26(19-14-22(2)3)41-20-10-9-13-29(38)37(30(23(4)5)32(39)40)21-24-15-17-25(18-16-24)27-11-7-8-12-28(27)31-33-35-36-34-31/h6-8,11-12,14-19,23,30H,2,9-10,13,20-21H2,1,3-5H3,(H,39,40)(H,33,34,35,36). The van der Waals surface area contributed by atoms with Crippen LogP contribution < -0.4 is 0 Å². The number of carboxylic acid groups (broad SMARTS) is 1. The summed E-state index contributed by atoms with van der Waals surface area (Å²) < 4.78 is 0. The van der Waals surface area contributed by atoms with Gasteiger partial charge in [0.25, 0.3) is 0 Å². The van der Waals surface area contributed by atoms with E-state index in [-0.39, 0.29) is 18.4 Å². The van der Waals surface area contributed by atoms with Gasteiger partial charge in [0.1, 0.15) is 6.04 Å². The number of nitrogens with zero attached hydrogens (tertiary/aromatic N) is 4. The molecule has 2 N–H and O–H groups in total. The molecular formula is C32H39N5O3S. The summed E-state index contributed by atoms with van der Waals surface area (Å²) in [5.74, 6) is 0.0248. The normalized spacial score (nSPS) is 12.6. The molecule has 8 nitrogen and oxygen atoms in total. The first-order chi connectivity index (χ1) is 19.7. The van der Waals surface area contributed by atoms with E-state index < -0.39 is 12.0 Å². The zero-order valence-corrected chi connectivity index (χ0v) is 25.0. The SMILES string of the molecule is C=C(C)C=CC(=CC)SCCCCC(=O)N(Cc1ccc(-c2ccccc2-c2nn[nH]n2)cc1)C(C(=O)O)C(C)C. The average Bonchev–Trinajstić information content (AvgIpc) is 3.49. The predicted molar refractivity (Wildman–Crippen MR) is 166 cm³/mol. The Morgan fingerprint density at radius 1 is 1.07 bits per heavy atom. The molecule has 0 bridgehead atoms. The molecular weight excluding hydrogens is 534 g/mol. The number of aromatic amines is 1. The van der Waals surface area contributed by atoms with Crippen LogP contribution in [0, 0.1) is 5.92 Å². The molecule has 216 valence electrons. The summed E-state index contributed by atoms with van der Waals surface area (Å²) in [6.45, 7) is 11.8. The number of aliphatic carboxylic acids is 1. The van der Waals surface area contributed by atoms with Gasteiger partial charge in [-0.2, -0.15) is 5.21 Å². The Hall–Kier alpha value is -3.98.